The third-order valence-corrected chi connectivity index (χ3v) is 3.79. The van der Waals surface area contributed by atoms with Crippen LogP contribution >= 0.6 is 12.2 Å². The largest absolute Gasteiger partial charge is 0.433 e. The lowest BCUT2D eigenvalue weighted by atomic mass is 10.1. The highest BCUT2D eigenvalue weighted by molar-refractivity contribution is 7.71. The van der Waals surface area contributed by atoms with Crippen LogP contribution in [0.5, 0.6) is 0 Å². The second kappa shape index (κ2) is 5.77. The van der Waals surface area contributed by atoms with Crippen molar-refractivity contribution in [3.05, 3.63) is 51.8 Å². The molecule has 2 aromatic rings. The van der Waals surface area contributed by atoms with Gasteiger partial charge < -0.3 is 4.98 Å². The highest BCUT2D eigenvalue weighted by Gasteiger charge is 2.32. The molecule has 0 aliphatic carbocycles. The predicted octanol–water partition coefficient (Wildman–Crippen LogP) is 3.11. The van der Waals surface area contributed by atoms with E-state index < -0.39 is 11.9 Å². The normalized spacial score (nSPS) is 15.6. The first-order valence-electron chi connectivity index (χ1n) is 6.73. The first kappa shape index (κ1) is 15.1. The second-order valence-electron chi connectivity index (χ2n) is 5.20. The van der Waals surface area contributed by atoms with Gasteiger partial charge in [-0.25, -0.2) is 4.98 Å². The number of rotatable bonds is 2. The number of fused-ring (bicyclic) bond motifs is 1. The molecule has 3 heterocycles. The highest BCUT2D eigenvalue weighted by Crippen LogP contribution is 2.27. The Labute approximate surface area is 130 Å². The molecule has 0 bridgehead atoms. The molecule has 116 valence electrons. The van der Waals surface area contributed by atoms with Crippen molar-refractivity contribution in [2.24, 2.45) is 0 Å². The summed E-state index contributed by atoms with van der Waals surface area (Å²) in [4.78, 5) is 12.8. The lowest BCUT2D eigenvalue weighted by molar-refractivity contribution is -0.141. The Balaban J connectivity index is 1.71. The summed E-state index contributed by atoms with van der Waals surface area (Å²) in [7, 11) is 0. The van der Waals surface area contributed by atoms with E-state index in [4.69, 9.17) is 12.2 Å². The van der Waals surface area contributed by atoms with E-state index in [9.17, 15) is 13.2 Å². The van der Waals surface area contributed by atoms with Gasteiger partial charge in [0, 0.05) is 37.7 Å². The van der Waals surface area contributed by atoms with Crippen molar-refractivity contribution in [2.75, 3.05) is 6.54 Å². The van der Waals surface area contributed by atoms with Gasteiger partial charge in [-0.15, -0.1) is 0 Å². The molecule has 2 aromatic heterocycles. The lowest BCUT2D eigenvalue weighted by Crippen LogP contribution is -2.31. The number of nitrogens with one attached hydrogen (secondary N) is 1. The maximum Gasteiger partial charge on any atom is 0.433 e. The summed E-state index contributed by atoms with van der Waals surface area (Å²) in [6.45, 7) is 2.04. The number of alkyl halides is 3. The first-order valence-corrected chi connectivity index (χ1v) is 7.14. The zero-order valence-corrected chi connectivity index (χ0v) is 12.3. The molecule has 0 saturated carbocycles. The highest BCUT2D eigenvalue weighted by atomic mass is 32.1. The van der Waals surface area contributed by atoms with Crippen LogP contribution in [0.15, 0.2) is 24.5 Å². The summed E-state index contributed by atoms with van der Waals surface area (Å²) in [5.74, 6) is 0. The smallest absolute Gasteiger partial charge is 0.333 e. The maximum absolute atomic E-state index is 12.5. The van der Waals surface area contributed by atoms with Crippen molar-refractivity contribution in [1.29, 1.82) is 0 Å². The number of hydrogen-bond acceptors (Lipinski definition) is 4. The van der Waals surface area contributed by atoms with Crippen molar-refractivity contribution in [3.8, 4) is 0 Å². The molecule has 0 unspecified atom stereocenters. The Hall–Kier alpha value is -1.80. The van der Waals surface area contributed by atoms with Crippen molar-refractivity contribution in [1.82, 2.24) is 19.9 Å². The average Bonchev–Trinajstić information content (AvgIpc) is 2.46. The Morgan fingerprint density at radius 3 is 2.73 bits per heavy atom. The Morgan fingerprint density at radius 1 is 1.23 bits per heavy atom. The lowest BCUT2D eigenvalue weighted by Gasteiger charge is -2.28. The third-order valence-electron chi connectivity index (χ3n) is 3.58. The van der Waals surface area contributed by atoms with Crippen LogP contribution < -0.4 is 0 Å². The van der Waals surface area contributed by atoms with E-state index in [1.165, 1.54) is 12.3 Å². The second-order valence-corrected chi connectivity index (χ2v) is 5.59. The van der Waals surface area contributed by atoms with Crippen LogP contribution in [-0.2, 0) is 25.7 Å². The van der Waals surface area contributed by atoms with Crippen molar-refractivity contribution in [2.45, 2.75) is 25.7 Å². The van der Waals surface area contributed by atoms with E-state index in [2.05, 4.69) is 19.9 Å². The third kappa shape index (κ3) is 3.33. The van der Waals surface area contributed by atoms with Gasteiger partial charge in [-0.1, -0.05) is 6.07 Å². The molecule has 1 aliphatic rings. The molecular formula is C14H13F3N4S. The monoisotopic (exact) mass is 326 g/mol. The molecule has 22 heavy (non-hydrogen) atoms. The van der Waals surface area contributed by atoms with Crippen molar-refractivity contribution in [3.63, 3.8) is 0 Å². The SMILES string of the molecule is FC(F)(F)c1ccc(CN2CCc3cnc(=S)[nH]c3C2)cn1. The molecule has 3 rings (SSSR count). The fourth-order valence-corrected chi connectivity index (χ4v) is 2.65. The summed E-state index contributed by atoms with van der Waals surface area (Å²) < 4.78 is 37.9. The van der Waals surface area contributed by atoms with Crippen LogP contribution in [-0.4, -0.2) is 26.4 Å². The van der Waals surface area contributed by atoms with Crippen LogP contribution in [0.4, 0.5) is 13.2 Å². The molecule has 0 aromatic carbocycles. The number of halogens is 3. The van der Waals surface area contributed by atoms with Gasteiger partial charge in [0.15, 0.2) is 4.77 Å². The van der Waals surface area contributed by atoms with Gasteiger partial charge in [0.05, 0.1) is 0 Å². The number of hydrogen-bond donors (Lipinski definition) is 1. The van der Waals surface area contributed by atoms with E-state index >= 15 is 0 Å². The molecule has 8 heteroatoms. The minimum Gasteiger partial charge on any atom is -0.333 e. The van der Waals surface area contributed by atoms with Gasteiger partial charge in [0.2, 0.25) is 0 Å². The minimum atomic E-state index is -4.40. The van der Waals surface area contributed by atoms with Crippen molar-refractivity contribution < 1.29 is 13.2 Å². The standard InChI is InChI=1S/C14H13F3N4S/c15-14(16,17)12-2-1-9(5-18-12)7-21-4-3-10-6-19-13(22)20-11(10)8-21/h1-2,5-6H,3-4,7-8H2,(H,19,20,22). The molecule has 0 fully saturated rings. The van der Waals surface area contributed by atoms with Crippen LogP contribution in [0.3, 0.4) is 0 Å². The number of aromatic amines is 1. The van der Waals surface area contributed by atoms with Crippen LogP contribution in [0, 0.1) is 4.77 Å². The van der Waals surface area contributed by atoms with E-state index in [1.54, 1.807) is 6.20 Å². The topological polar surface area (TPSA) is 44.8 Å². The van der Waals surface area contributed by atoms with Gasteiger partial charge >= 0.3 is 6.18 Å². The zero-order valence-electron chi connectivity index (χ0n) is 11.5. The molecule has 0 spiro atoms. The molecular weight excluding hydrogens is 313 g/mol. The van der Waals surface area contributed by atoms with E-state index in [1.807, 2.05) is 0 Å². The minimum absolute atomic E-state index is 0.441. The van der Waals surface area contributed by atoms with Gasteiger partial charge in [-0.3, -0.25) is 9.88 Å². The van der Waals surface area contributed by atoms with E-state index in [0.29, 0.717) is 17.9 Å². The quantitative estimate of drug-likeness (QED) is 0.861. The van der Waals surface area contributed by atoms with Crippen molar-refractivity contribution >= 4 is 12.2 Å². The molecule has 4 nitrogen and oxygen atoms in total. The van der Waals surface area contributed by atoms with Gasteiger partial charge in [0.1, 0.15) is 5.69 Å². The molecule has 0 saturated heterocycles. The zero-order chi connectivity index (χ0) is 15.7. The molecule has 0 radical (unpaired) electrons. The summed E-state index contributed by atoms with van der Waals surface area (Å²) in [5.41, 5.74) is 2.04. The van der Waals surface area contributed by atoms with Gasteiger partial charge in [0.25, 0.3) is 0 Å². The van der Waals surface area contributed by atoms with Gasteiger partial charge in [-0.2, -0.15) is 13.2 Å². The molecule has 0 amide bonds. The summed E-state index contributed by atoms with van der Waals surface area (Å²) in [6, 6.07) is 2.49. The number of pyridine rings is 1. The molecule has 1 aliphatic heterocycles. The summed E-state index contributed by atoms with van der Waals surface area (Å²) in [5, 5.41) is 0. The first-order chi connectivity index (χ1) is 10.4. The fourth-order valence-electron chi connectivity index (χ4n) is 2.47. The Morgan fingerprint density at radius 2 is 2.05 bits per heavy atom. The number of H-pyrrole nitrogens is 1. The van der Waals surface area contributed by atoms with Crippen LogP contribution in [0.25, 0.3) is 0 Å². The maximum atomic E-state index is 12.5. The fraction of sp³-hybridized carbons (Fsp3) is 0.357. The van der Waals surface area contributed by atoms with E-state index in [-0.39, 0.29) is 0 Å². The number of aromatic nitrogens is 3. The molecule has 0 atom stereocenters. The van der Waals surface area contributed by atoms with Gasteiger partial charge in [-0.05, 0) is 35.8 Å². The van der Waals surface area contributed by atoms with Crippen LogP contribution in [0.2, 0.25) is 0 Å². The number of nitrogens with zero attached hydrogens (tertiary/aromatic N) is 3. The average molecular weight is 326 g/mol. The predicted molar refractivity (Wildman–Crippen MR) is 76.5 cm³/mol. The Kier molecular flexibility index (Phi) is 3.96. The Bertz CT molecular complexity index is 724. The molecule has 1 N–H and O–H groups in total. The summed E-state index contributed by atoms with van der Waals surface area (Å²) in [6.07, 6.45) is -0.495. The van der Waals surface area contributed by atoms with E-state index in [0.717, 1.165) is 35.9 Å². The summed E-state index contributed by atoms with van der Waals surface area (Å²) >= 11 is 5.01. The van der Waals surface area contributed by atoms with Crippen LogP contribution in [0.1, 0.15) is 22.5 Å².